The number of rotatable bonds is 3. The number of aryl methyl sites for hydroxylation is 1. The second-order valence-electron chi connectivity index (χ2n) is 3.27. The molecule has 0 saturated carbocycles. The Morgan fingerprint density at radius 2 is 1.87 bits per heavy atom. The van der Waals surface area contributed by atoms with Crippen LogP contribution in [0.2, 0.25) is 0 Å². The number of ketones is 1. The number of benzene rings is 1. The van der Waals surface area contributed by atoms with E-state index < -0.39 is 0 Å². The standard InChI is InChI=1S/C7H8.C5H9NO2/c1-7-5-3-2-4-6-7;1-4(5(2)8)6-3-7/h2-6H,1H3;3-4H,1-2H3,(H,6,7). The average molecular weight is 207 g/mol. The first kappa shape index (κ1) is 13.4. The Hall–Kier alpha value is -1.64. The van der Waals surface area contributed by atoms with Crippen LogP contribution in [0.1, 0.15) is 19.4 Å². The number of hydrogen-bond donors (Lipinski definition) is 1. The van der Waals surface area contributed by atoms with Gasteiger partial charge < -0.3 is 5.32 Å². The molecule has 0 aliphatic carbocycles. The van der Waals surface area contributed by atoms with E-state index in [1.54, 1.807) is 6.92 Å². The lowest BCUT2D eigenvalue weighted by Gasteiger charge is -2.01. The molecule has 0 aliphatic rings. The van der Waals surface area contributed by atoms with E-state index in [1.165, 1.54) is 12.5 Å². The molecule has 0 spiro atoms. The van der Waals surface area contributed by atoms with E-state index in [9.17, 15) is 9.59 Å². The van der Waals surface area contributed by atoms with Crippen LogP contribution in [0.25, 0.3) is 0 Å². The van der Waals surface area contributed by atoms with Gasteiger partial charge in [0, 0.05) is 0 Å². The highest BCUT2D eigenvalue weighted by atomic mass is 16.1. The van der Waals surface area contributed by atoms with Crippen molar-refractivity contribution in [2.45, 2.75) is 26.8 Å². The molecule has 1 amide bonds. The third-order valence-electron chi connectivity index (χ3n) is 1.87. The summed E-state index contributed by atoms with van der Waals surface area (Å²) < 4.78 is 0. The largest absolute Gasteiger partial charge is 0.349 e. The van der Waals surface area contributed by atoms with E-state index >= 15 is 0 Å². The van der Waals surface area contributed by atoms with Gasteiger partial charge in [0.05, 0.1) is 6.04 Å². The molecule has 0 saturated heterocycles. The second-order valence-corrected chi connectivity index (χ2v) is 3.27. The minimum absolute atomic E-state index is 0.0305. The van der Waals surface area contributed by atoms with Crippen molar-refractivity contribution >= 4 is 12.2 Å². The molecule has 82 valence electrons. The van der Waals surface area contributed by atoms with Crippen LogP contribution in [0, 0.1) is 6.92 Å². The van der Waals surface area contributed by atoms with Crippen LogP contribution in [-0.4, -0.2) is 18.2 Å². The number of hydrogen-bond acceptors (Lipinski definition) is 2. The van der Waals surface area contributed by atoms with Gasteiger partial charge in [0.25, 0.3) is 0 Å². The summed E-state index contributed by atoms with van der Waals surface area (Å²) in [5.41, 5.74) is 1.32. The summed E-state index contributed by atoms with van der Waals surface area (Å²) in [6.07, 6.45) is 0.520. The Bertz CT molecular complexity index is 296. The van der Waals surface area contributed by atoms with Gasteiger partial charge in [0.2, 0.25) is 6.41 Å². The van der Waals surface area contributed by atoms with Crippen LogP contribution < -0.4 is 5.32 Å². The summed E-state index contributed by atoms with van der Waals surface area (Å²) in [6.45, 7) is 5.15. The summed E-state index contributed by atoms with van der Waals surface area (Å²) >= 11 is 0. The maximum atomic E-state index is 10.3. The molecule has 0 aliphatic heterocycles. The first-order valence-electron chi connectivity index (χ1n) is 4.79. The van der Waals surface area contributed by atoms with Crippen molar-refractivity contribution in [3.05, 3.63) is 35.9 Å². The van der Waals surface area contributed by atoms with Gasteiger partial charge in [-0.2, -0.15) is 0 Å². The molecule has 0 fully saturated rings. The van der Waals surface area contributed by atoms with E-state index in [2.05, 4.69) is 24.4 Å². The summed E-state index contributed by atoms with van der Waals surface area (Å²) in [6, 6.07) is 9.92. The van der Waals surface area contributed by atoms with E-state index in [0.29, 0.717) is 6.41 Å². The summed E-state index contributed by atoms with van der Waals surface area (Å²) in [7, 11) is 0. The Morgan fingerprint density at radius 3 is 2.07 bits per heavy atom. The minimum Gasteiger partial charge on any atom is -0.349 e. The quantitative estimate of drug-likeness (QED) is 0.767. The SMILES string of the molecule is CC(=O)C(C)NC=O.Cc1ccccc1. The van der Waals surface area contributed by atoms with Gasteiger partial charge in [-0.25, -0.2) is 0 Å². The third kappa shape index (κ3) is 7.43. The third-order valence-corrected chi connectivity index (χ3v) is 1.87. The Balaban J connectivity index is 0.000000262. The molecule has 0 aromatic heterocycles. The molecule has 3 heteroatoms. The van der Waals surface area contributed by atoms with Gasteiger partial charge in [-0.1, -0.05) is 35.9 Å². The first-order chi connectivity index (χ1) is 7.07. The molecule has 3 nitrogen and oxygen atoms in total. The molecule has 0 radical (unpaired) electrons. The summed E-state index contributed by atoms with van der Waals surface area (Å²) in [5.74, 6) is -0.0305. The van der Waals surface area contributed by atoms with Crippen molar-refractivity contribution in [3.63, 3.8) is 0 Å². The first-order valence-corrected chi connectivity index (χ1v) is 4.79. The lowest BCUT2D eigenvalue weighted by Crippen LogP contribution is -2.30. The van der Waals surface area contributed by atoms with Gasteiger partial charge in [0.15, 0.2) is 5.78 Å². The summed E-state index contributed by atoms with van der Waals surface area (Å²) in [4.78, 5) is 20.0. The van der Waals surface area contributed by atoms with Gasteiger partial charge >= 0.3 is 0 Å². The molecular formula is C12H17NO2. The van der Waals surface area contributed by atoms with Crippen LogP contribution in [0.3, 0.4) is 0 Å². The van der Waals surface area contributed by atoms with Crippen molar-refractivity contribution in [1.29, 1.82) is 0 Å². The molecule has 1 atom stereocenters. The van der Waals surface area contributed by atoms with Crippen LogP contribution in [-0.2, 0) is 9.59 Å². The fourth-order valence-corrected chi connectivity index (χ4v) is 0.754. The maximum Gasteiger partial charge on any atom is 0.207 e. The van der Waals surface area contributed by atoms with Crippen molar-refractivity contribution in [2.24, 2.45) is 0 Å². The van der Waals surface area contributed by atoms with Gasteiger partial charge in [-0.15, -0.1) is 0 Å². The van der Waals surface area contributed by atoms with Crippen LogP contribution >= 0.6 is 0 Å². The molecular weight excluding hydrogens is 190 g/mol. The van der Waals surface area contributed by atoms with Crippen molar-refractivity contribution in [1.82, 2.24) is 5.32 Å². The van der Waals surface area contributed by atoms with Crippen molar-refractivity contribution in [3.8, 4) is 0 Å². The van der Waals surface area contributed by atoms with Crippen molar-refractivity contribution in [2.75, 3.05) is 0 Å². The van der Waals surface area contributed by atoms with E-state index in [-0.39, 0.29) is 11.8 Å². The lowest BCUT2D eigenvalue weighted by atomic mass is 10.2. The van der Waals surface area contributed by atoms with Crippen LogP contribution in [0.5, 0.6) is 0 Å². The van der Waals surface area contributed by atoms with Crippen LogP contribution in [0.15, 0.2) is 30.3 Å². The van der Waals surface area contributed by atoms with Gasteiger partial charge in [-0.3, -0.25) is 9.59 Å². The Kier molecular flexibility index (Phi) is 6.89. The lowest BCUT2D eigenvalue weighted by molar-refractivity contribution is -0.121. The van der Waals surface area contributed by atoms with Gasteiger partial charge in [0.1, 0.15) is 0 Å². The number of amides is 1. The zero-order chi connectivity index (χ0) is 11.7. The Morgan fingerprint density at radius 1 is 1.33 bits per heavy atom. The normalized spacial score (nSPS) is 10.6. The van der Waals surface area contributed by atoms with Crippen LogP contribution in [0.4, 0.5) is 0 Å². The fraction of sp³-hybridized carbons (Fsp3) is 0.333. The molecule has 0 heterocycles. The van der Waals surface area contributed by atoms with E-state index in [1.807, 2.05) is 18.2 Å². The van der Waals surface area contributed by atoms with Gasteiger partial charge in [-0.05, 0) is 20.8 Å². The molecule has 1 aromatic rings. The number of nitrogens with one attached hydrogen (secondary N) is 1. The molecule has 1 aromatic carbocycles. The van der Waals surface area contributed by atoms with E-state index in [0.717, 1.165) is 0 Å². The highest BCUT2D eigenvalue weighted by molar-refractivity contribution is 5.82. The minimum atomic E-state index is -0.340. The second kappa shape index (κ2) is 7.74. The fourth-order valence-electron chi connectivity index (χ4n) is 0.754. The monoisotopic (exact) mass is 207 g/mol. The molecule has 1 N–H and O–H groups in total. The van der Waals surface area contributed by atoms with E-state index in [4.69, 9.17) is 0 Å². The topological polar surface area (TPSA) is 46.2 Å². The Labute approximate surface area is 90.5 Å². The molecule has 15 heavy (non-hydrogen) atoms. The zero-order valence-electron chi connectivity index (χ0n) is 9.36. The number of carbonyl (C=O) groups excluding carboxylic acids is 2. The highest BCUT2D eigenvalue weighted by Crippen LogP contribution is 1.92. The molecule has 1 rings (SSSR count). The maximum absolute atomic E-state index is 10.3. The zero-order valence-corrected chi connectivity index (χ0v) is 9.36. The number of Topliss-reactive ketones (excluding diaryl/α,β-unsaturated/α-hetero) is 1. The molecule has 1 unspecified atom stereocenters. The van der Waals surface area contributed by atoms with Crippen molar-refractivity contribution < 1.29 is 9.59 Å². The molecule has 0 bridgehead atoms. The average Bonchev–Trinajstić information content (AvgIpc) is 2.20. The predicted octanol–water partition coefficient (Wildman–Crippen LogP) is 1.70. The number of carbonyl (C=O) groups is 2. The summed E-state index contributed by atoms with van der Waals surface area (Å²) in [5, 5.41) is 2.31. The smallest absolute Gasteiger partial charge is 0.207 e. The predicted molar refractivity (Wildman–Crippen MR) is 60.5 cm³/mol. The highest BCUT2D eigenvalue weighted by Gasteiger charge is 2.02.